The van der Waals surface area contributed by atoms with E-state index in [1.807, 2.05) is 13.8 Å². The number of carboxylic acids is 1. The largest absolute Gasteiger partial charge is 0.481 e. The summed E-state index contributed by atoms with van der Waals surface area (Å²) in [7, 11) is 1.59. The van der Waals surface area contributed by atoms with Crippen LogP contribution >= 0.6 is 0 Å². The number of hydrogen-bond donors (Lipinski definition) is 2. The Balaban J connectivity index is 4.51. The van der Waals surface area contributed by atoms with Gasteiger partial charge in [-0.3, -0.25) is 4.79 Å². The third-order valence-corrected chi connectivity index (χ3v) is 2.72. The Labute approximate surface area is 108 Å². The summed E-state index contributed by atoms with van der Waals surface area (Å²) in [6, 6.07) is -0.182. The average molecular weight is 260 g/mol. The van der Waals surface area contributed by atoms with E-state index >= 15 is 0 Å². The lowest BCUT2D eigenvalue weighted by Crippen LogP contribution is -2.47. The van der Waals surface area contributed by atoms with Crippen molar-refractivity contribution in [1.82, 2.24) is 9.80 Å². The molecule has 0 radical (unpaired) electrons. The van der Waals surface area contributed by atoms with Gasteiger partial charge in [-0.05, 0) is 20.3 Å². The molecule has 1 atom stereocenters. The first-order valence-corrected chi connectivity index (χ1v) is 6.16. The molecule has 0 bridgehead atoms. The zero-order chi connectivity index (χ0) is 14.3. The van der Waals surface area contributed by atoms with Gasteiger partial charge in [0.05, 0.1) is 5.92 Å². The highest BCUT2D eigenvalue weighted by Gasteiger charge is 2.23. The minimum atomic E-state index is -0.916. The third kappa shape index (κ3) is 5.35. The second-order valence-electron chi connectivity index (χ2n) is 4.77. The number of carboxylic acid groups (broad SMARTS) is 1. The molecule has 0 aliphatic rings. The van der Waals surface area contributed by atoms with E-state index in [1.54, 1.807) is 18.9 Å². The molecule has 2 amide bonds. The Morgan fingerprint density at radius 2 is 1.78 bits per heavy atom. The molecular weight excluding hydrogens is 236 g/mol. The predicted octanol–water partition coefficient (Wildman–Crippen LogP) is 0.852. The maximum Gasteiger partial charge on any atom is 0.319 e. The molecule has 0 aromatic heterocycles. The third-order valence-electron chi connectivity index (χ3n) is 2.72. The topological polar surface area (TPSA) is 81.1 Å². The number of hydrogen-bond acceptors (Lipinski definition) is 3. The minimum absolute atomic E-state index is 0.0200. The predicted molar refractivity (Wildman–Crippen MR) is 68.4 cm³/mol. The molecule has 0 aromatic rings. The molecule has 6 heteroatoms. The summed E-state index contributed by atoms with van der Waals surface area (Å²) >= 11 is 0. The van der Waals surface area contributed by atoms with Gasteiger partial charge >= 0.3 is 12.0 Å². The number of rotatable bonds is 7. The fraction of sp³-hybridized carbons (Fsp3) is 0.833. The van der Waals surface area contributed by atoms with Crippen LogP contribution in [0, 0.1) is 5.92 Å². The average Bonchev–Trinajstić information content (AvgIpc) is 2.28. The summed E-state index contributed by atoms with van der Waals surface area (Å²) in [4.78, 5) is 25.9. The summed E-state index contributed by atoms with van der Waals surface area (Å²) in [6.45, 7) is 6.04. The highest BCUT2D eigenvalue weighted by Crippen LogP contribution is 2.07. The van der Waals surface area contributed by atoms with E-state index in [0.717, 1.165) is 0 Å². The lowest BCUT2D eigenvalue weighted by atomic mass is 10.2. The Bertz CT molecular complexity index is 281. The first kappa shape index (κ1) is 16.7. The van der Waals surface area contributed by atoms with E-state index in [4.69, 9.17) is 10.2 Å². The first-order chi connectivity index (χ1) is 8.31. The van der Waals surface area contributed by atoms with Gasteiger partial charge in [-0.1, -0.05) is 6.92 Å². The molecule has 0 saturated heterocycles. The van der Waals surface area contributed by atoms with E-state index in [2.05, 4.69) is 0 Å². The van der Waals surface area contributed by atoms with E-state index < -0.39 is 11.9 Å². The van der Waals surface area contributed by atoms with Crippen LogP contribution < -0.4 is 0 Å². The lowest BCUT2D eigenvalue weighted by Gasteiger charge is -2.31. The highest BCUT2D eigenvalue weighted by atomic mass is 16.4. The Morgan fingerprint density at radius 3 is 2.17 bits per heavy atom. The quantitative estimate of drug-likeness (QED) is 0.711. The van der Waals surface area contributed by atoms with E-state index in [9.17, 15) is 9.59 Å². The molecular formula is C12H24N2O4. The van der Waals surface area contributed by atoms with Crippen molar-refractivity contribution in [2.24, 2.45) is 5.92 Å². The number of nitrogens with zero attached hydrogens (tertiary/aromatic N) is 2. The van der Waals surface area contributed by atoms with Crippen molar-refractivity contribution >= 4 is 12.0 Å². The van der Waals surface area contributed by atoms with Gasteiger partial charge in [-0.15, -0.1) is 0 Å². The highest BCUT2D eigenvalue weighted by molar-refractivity contribution is 5.76. The summed E-state index contributed by atoms with van der Waals surface area (Å²) in [5.41, 5.74) is 0. The van der Waals surface area contributed by atoms with Crippen molar-refractivity contribution in [3.63, 3.8) is 0 Å². The Hall–Kier alpha value is -1.30. The lowest BCUT2D eigenvalue weighted by molar-refractivity contribution is -0.141. The van der Waals surface area contributed by atoms with Crippen molar-refractivity contribution in [2.45, 2.75) is 33.2 Å². The minimum Gasteiger partial charge on any atom is -0.481 e. The molecule has 18 heavy (non-hydrogen) atoms. The van der Waals surface area contributed by atoms with Crippen LogP contribution in [0.2, 0.25) is 0 Å². The van der Waals surface area contributed by atoms with Crippen molar-refractivity contribution in [3.05, 3.63) is 0 Å². The molecule has 0 spiro atoms. The van der Waals surface area contributed by atoms with E-state index in [0.29, 0.717) is 13.0 Å². The van der Waals surface area contributed by atoms with Crippen molar-refractivity contribution in [3.8, 4) is 0 Å². The Kier molecular flexibility index (Phi) is 7.35. The van der Waals surface area contributed by atoms with Crippen molar-refractivity contribution in [2.75, 3.05) is 26.7 Å². The van der Waals surface area contributed by atoms with Gasteiger partial charge in [-0.25, -0.2) is 4.79 Å². The van der Waals surface area contributed by atoms with Gasteiger partial charge < -0.3 is 20.0 Å². The van der Waals surface area contributed by atoms with Gasteiger partial charge in [0, 0.05) is 32.8 Å². The molecule has 0 aliphatic carbocycles. The number of aliphatic hydroxyl groups is 1. The molecule has 0 fully saturated rings. The summed E-state index contributed by atoms with van der Waals surface area (Å²) < 4.78 is 0. The smallest absolute Gasteiger partial charge is 0.319 e. The maximum absolute atomic E-state index is 12.1. The zero-order valence-electron chi connectivity index (χ0n) is 11.6. The second kappa shape index (κ2) is 7.92. The fourth-order valence-electron chi connectivity index (χ4n) is 1.60. The molecule has 6 nitrogen and oxygen atoms in total. The standard InChI is InChI=1S/C12H24N2O4/c1-9(2)14(6-5-7-15)12(18)13(4)8-10(3)11(16)17/h9-10,15H,5-8H2,1-4H3,(H,16,17). The second-order valence-corrected chi connectivity index (χ2v) is 4.77. The molecule has 2 N–H and O–H groups in total. The van der Waals surface area contributed by atoms with Gasteiger partial charge in [0.2, 0.25) is 0 Å². The number of aliphatic hydroxyl groups excluding tert-OH is 1. The van der Waals surface area contributed by atoms with E-state index in [-0.39, 0.29) is 25.2 Å². The molecule has 0 heterocycles. The van der Waals surface area contributed by atoms with Crippen molar-refractivity contribution < 1.29 is 19.8 Å². The summed E-state index contributed by atoms with van der Waals surface area (Å²) in [5, 5.41) is 17.6. The fourth-order valence-corrected chi connectivity index (χ4v) is 1.60. The van der Waals surface area contributed by atoms with Crippen molar-refractivity contribution in [1.29, 1.82) is 0 Å². The van der Waals surface area contributed by atoms with Crippen LogP contribution in [0.3, 0.4) is 0 Å². The van der Waals surface area contributed by atoms with Gasteiger partial charge in [0.15, 0.2) is 0 Å². The monoisotopic (exact) mass is 260 g/mol. The Morgan fingerprint density at radius 1 is 1.22 bits per heavy atom. The van der Waals surface area contributed by atoms with Crippen LogP contribution in [-0.4, -0.2) is 64.8 Å². The molecule has 0 rings (SSSR count). The molecule has 0 aromatic carbocycles. The molecule has 0 aliphatic heterocycles. The van der Waals surface area contributed by atoms with Crippen LogP contribution in [0.25, 0.3) is 0 Å². The van der Waals surface area contributed by atoms with Crippen LogP contribution in [0.15, 0.2) is 0 Å². The summed E-state index contributed by atoms with van der Waals surface area (Å²) in [5.74, 6) is -1.51. The van der Waals surface area contributed by atoms with Crippen LogP contribution in [0.5, 0.6) is 0 Å². The molecule has 106 valence electrons. The van der Waals surface area contributed by atoms with Crippen LogP contribution in [0.4, 0.5) is 4.79 Å². The molecule has 0 saturated carbocycles. The number of carbonyl (C=O) groups is 2. The summed E-state index contributed by atoms with van der Waals surface area (Å²) in [6.07, 6.45) is 0.520. The van der Waals surface area contributed by atoms with Crippen LogP contribution in [-0.2, 0) is 4.79 Å². The number of carbonyl (C=O) groups excluding carboxylic acids is 1. The SMILES string of the molecule is CC(CN(C)C(=O)N(CCCO)C(C)C)C(=O)O. The molecule has 1 unspecified atom stereocenters. The normalized spacial score (nSPS) is 12.3. The number of urea groups is 1. The first-order valence-electron chi connectivity index (χ1n) is 6.16. The van der Waals surface area contributed by atoms with Gasteiger partial charge in [0.25, 0.3) is 0 Å². The van der Waals surface area contributed by atoms with E-state index in [1.165, 1.54) is 4.90 Å². The van der Waals surface area contributed by atoms with Crippen LogP contribution in [0.1, 0.15) is 27.2 Å². The van der Waals surface area contributed by atoms with Gasteiger partial charge in [0.1, 0.15) is 0 Å². The number of aliphatic carboxylic acids is 1. The number of amides is 2. The van der Waals surface area contributed by atoms with Gasteiger partial charge in [-0.2, -0.15) is 0 Å². The zero-order valence-corrected chi connectivity index (χ0v) is 11.6. The maximum atomic E-state index is 12.1.